The van der Waals surface area contributed by atoms with Gasteiger partial charge in [-0.1, -0.05) is 23.2 Å². The lowest BCUT2D eigenvalue weighted by molar-refractivity contribution is 0.103. The van der Waals surface area contributed by atoms with Gasteiger partial charge in [-0.25, -0.2) is 0 Å². The van der Waals surface area contributed by atoms with Gasteiger partial charge >= 0.3 is 0 Å². The Bertz CT molecular complexity index is 581. The highest BCUT2D eigenvalue weighted by Gasteiger charge is 2.12. The van der Waals surface area contributed by atoms with E-state index < -0.39 is 0 Å². The second kappa shape index (κ2) is 4.86. The Labute approximate surface area is 109 Å². The van der Waals surface area contributed by atoms with E-state index in [0.717, 1.165) is 5.56 Å². The molecule has 0 radical (unpaired) electrons. The Balaban J connectivity index is 2.44. The van der Waals surface area contributed by atoms with Gasteiger partial charge in [0.2, 0.25) is 0 Å². The molecule has 0 amide bonds. The Hall–Kier alpha value is -1.38. The van der Waals surface area contributed by atoms with Gasteiger partial charge in [-0.3, -0.25) is 9.78 Å². The zero-order chi connectivity index (χ0) is 12.4. The van der Waals surface area contributed by atoms with Crippen LogP contribution in [-0.2, 0) is 0 Å². The van der Waals surface area contributed by atoms with Crippen LogP contribution in [0.2, 0.25) is 10.0 Å². The molecule has 0 aliphatic carbocycles. The first-order chi connectivity index (χ1) is 8.09. The van der Waals surface area contributed by atoms with Crippen molar-refractivity contribution in [2.75, 3.05) is 0 Å². The van der Waals surface area contributed by atoms with Crippen LogP contribution < -0.4 is 0 Å². The van der Waals surface area contributed by atoms with E-state index in [-0.39, 0.29) is 5.78 Å². The van der Waals surface area contributed by atoms with Crippen molar-refractivity contribution in [3.05, 3.63) is 63.4 Å². The molecule has 0 unspecified atom stereocenters. The molecule has 0 saturated heterocycles. The average Bonchev–Trinajstić information content (AvgIpc) is 2.32. The second-order valence-corrected chi connectivity index (χ2v) is 4.46. The Kier molecular flexibility index (Phi) is 3.46. The molecule has 86 valence electrons. The summed E-state index contributed by atoms with van der Waals surface area (Å²) in [6.45, 7) is 1.87. The third-order valence-electron chi connectivity index (χ3n) is 2.47. The van der Waals surface area contributed by atoms with Crippen LogP contribution in [0.15, 0.2) is 36.7 Å². The van der Waals surface area contributed by atoms with E-state index in [9.17, 15) is 4.79 Å². The van der Waals surface area contributed by atoms with E-state index in [1.54, 1.807) is 36.7 Å². The first-order valence-electron chi connectivity index (χ1n) is 5.00. The summed E-state index contributed by atoms with van der Waals surface area (Å²) < 4.78 is 0. The van der Waals surface area contributed by atoms with Crippen LogP contribution in [0.25, 0.3) is 0 Å². The van der Waals surface area contributed by atoms with Crippen molar-refractivity contribution in [3.63, 3.8) is 0 Å². The van der Waals surface area contributed by atoms with E-state index in [0.29, 0.717) is 21.2 Å². The standard InChI is InChI=1S/C13H9Cl2NO/c1-8-4-5-16-7-10(8)13(17)9-2-3-11(14)12(15)6-9/h2-7H,1H3. The smallest absolute Gasteiger partial charge is 0.194 e. The Morgan fingerprint density at radius 3 is 2.59 bits per heavy atom. The third-order valence-corrected chi connectivity index (χ3v) is 3.20. The van der Waals surface area contributed by atoms with Crippen LogP contribution in [-0.4, -0.2) is 10.8 Å². The van der Waals surface area contributed by atoms with Crippen molar-refractivity contribution in [1.29, 1.82) is 0 Å². The van der Waals surface area contributed by atoms with Crippen LogP contribution in [0.4, 0.5) is 0 Å². The number of hydrogen-bond acceptors (Lipinski definition) is 2. The fourth-order valence-electron chi connectivity index (χ4n) is 1.49. The number of pyridine rings is 1. The number of hydrogen-bond donors (Lipinski definition) is 0. The van der Waals surface area contributed by atoms with Gasteiger partial charge in [0, 0.05) is 23.5 Å². The number of aromatic nitrogens is 1. The SMILES string of the molecule is Cc1ccncc1C(=O)c1ccc(Cl)c(Cl)c1. The molecule has 2 rings (SSSR count). The van der Waals surface area contributed by atoms with Gasteiger partial charge in [0.05, 0.1) is 10.0 Å². The molecular weight excluding hydrogens is 257 g/mol. The summed E-state index contributed by atoms with van der Waals surface area (Å²) in [6.07, 6.45) is 3.21. The molecule has 1 heterocycles. The fourth-order valence-corrected chi connectivity index (χ4v) is 1.79. The van der Waals surface area contributed by atoms with Gasteiger partial charge in [-0.15, -0.1) is 0 Å². The predicted octanol–water partition coefficient (Wildman–Crippen LogP) is 3.93. The summed E-state index contributed by atoms with van der Waals surface area (Å²) in [5.74, 6) is -0.103. The number of ketones is 1. The molecule has 4 heteroatoms. The van der Waals surface area contributed by atoms with Gasteiger partial charge < -0.3 is 0 Å². The molecule has 0 atom stereocenters. The van der Waals surface area contributed by atoms with Crippen molar-refractivity contribution in [2.24, 2.45) is 0 Å². The molecular formula is C13H9Cl2NO. The number of carbonyl (C=O) groups excluding carboxylic acids is 1. The number of aryl methyl sites for hydroxylation is 1. The molecule has 1 aromatic carbocycles. The van der Waals surface area contributed by atoms with E-state index in [1.165, 1.54) is 0 Å². The topological polar surface area (TPSA) is 30.0 Å². The van der Waals surface area contributed by atoms with Crippen LogP contribution in [0.5, 0.6) is 0 Å². The maximum Gasteiger partial charge on any atom is 0.194 e. The Morgan fingerprint density at radius 2 is 1.94 bits per heavy atom. The molecule has 0 aliphatic rings. The molecule has 0 bridgehead atoms. The highest BCUT2D eigenvalue weighted by molar-refractivity contribution is 6.42. The highest BCUT2D eigenvalue weighted by atomic mass is 35.5. The Morgan fingerprint density at radius 1 is 1.18 bits per heavy atom. The van der Waals surface area contributed by atoms with Crippen LogP contribution >= 0.6 is 23.2 Å². The maximum atomic E-state index is 12.2. The molecule has 0 N–H and O–H groups in total. The summed E-state index contributed by atoms with van der Waals surface area (Å²) >= 11 is 11.7. The molecule has 0 fully saturated rings. The largest absolute Gasteiger partial charge is 0.289 e. The number of nitrogens with zero attached hydrogens (tertiary/aromatic N) is 1. The van der Waals surface area contributed by atoms with Crippen LogP contribution in [0, 0.1) is 6.92 Å². The van der Waals surface area contributed by atoms with Crippen molar-refractivity contribution < 1.29 is 4.79 Å². The van der Waals surface area contributed by atoms with E-state index in [2.05, 4.69) is 4.98 Å². The molecule has 2 nitrogen and oxygen atoms in total. The summed E-state index contributed by atoms with van der Waals surface area (Å²) in [4.78, 5) is 16.1. The lowest BCUT2D eigenvalue weighted by Gasteiger charge is -2.05. The fraction of sp³-hybridized carbons (Fsp3) is 0.0769. The minimum absolute atomic E-state index is 0.103. The highest BCUT2D eigenvalue weighted by Crippen LogP contribution is 2.24. The summed E-state index contributed by atoms with van der Waals surface area (Å²) in [6, 6.07) is 6.63. The lowest BCUT2D eigenvalue weighted by Crippen LogP contribution is -2.04. The third kappa shape index (κ3) is 2.48. The number of rotatable bonds is 2. The molecule has 0 spiro atoms. The van der Waals surface area contributed by atoms with Gasteiger partial charge in [0.25, 0.3) is 0 Å². The number of halogens is 2. The summed E-state index contributed by atoms with van der Waals surface area (Å²) in [7, 11) is 0. The number of benzene rings is 1. The van der Waals surface area contributed by atoms with Gasteiger partial charge in [0.15, 0.2) is 5.78 Å². The zero-order valence-corrected chi connectivity index (χ0v) is 10.6. The average molecular weight is 266 g/mol. The van der Waals surface area contributed by atoms with Gasteiger partial charge in [-0.2, -0.15) is 0 Å². The normalized spacial score (nSPS) is 10.3. The van der Waals surface area contributed by atoms with Crippen molar-refractivity contribution in [2.45, 2.75) is 6.92 Å². The van der Waals surface area contributed by atoms with E-state index in [4.69, 9.17) is 23.2 Å². The first-order valence-corrected chi connectivity index (χ1v) is 5.75. The van der Waals surface area contributed by atoms with E-state index >= 15 is 0 Å². The van der Waals surface area contributed by atoms with Crippen LogP contribution in [0.1, 0.15) is 21.5 Å². The molecule has 1 aromatic heterocycles. The summed E-state index contributed by atoms with van der Waals surface area (Å²) in [5, 5.41) is 0.810. The molecule has 0 aliphatic heterocycles. The summed E-state index contributed by atoms with van der Waals surface area (Å²) in [5.41, 5.74) is 1.97. The number of carbonyl (C=O) groups is 1. The predicted molar refractivity (Wildman–Crippen MR) is 68.9 cm³/mol. The lowest BCUT2D eigenvalue weighted by atomic mass is 10.0. The minimum atomic E-state index is -0.103. The molecule has 2 aromatic rings. The zero-order valence-electron chi connectivity index (χ0n) is 9.08. The minimum Gasteiger partial charge on any atom is -0.289 e. The van der Waals surface area contributed by atoms with Gasteiger partial charge in [0.1, 0.15) is 0 Å². The van der Waals surface area contributed by atoms with Crippen LogP contribution in [0.3, 0.4) is 0 Å². The maximum absolute atomic E-state index is 12.2. The monoisotopic (exact) mass is 265 g/mol. The van der Waals surface area contributed by atoms with Gasteiger partial charge in [-0.05, 0) is 36.8 Å². The quantitative estimate of drug-likeness (QED) is 0.771. The first kappa shape index (κ1) is 12.1. The second-order valence-electron chi connectivity index (χ2n) is 3.65. The van der Waals surface area contributed by atoms with E-state index in [1.807, 2.05) is 6.92 Å². The van der Waals surface area contributed by atoms with Crippen molar-refractivity contribution in [3.8, 4) is 0 Å². The molecule has 17 heavy (non-hydrogen) atoms. The molecule has 0 saturated carbocycles. The van der Waals surface area contributed by atoms with Crippen molar-refractivity contribution >= 4 is 29.0 Å². The van der Waals surface area contributed by atoms with Crippen molar-refractivity contribution in [1.82, 2.24) is 4.98 Å².